The van der Waals surface area contributed by atoms with Gasteiger partial charge in [0.1, 0.15) is 17.0 Å². The van der Waals surface area contributed by atoms with Crippen LogP contribution in [-0.2, 0) is 9.59 Å². The molecule has 9 heteroatoms. The van der Waals surface area contributed by atoms with Crippen molar-refractivity contribution in [3.8, 4) is 11.5 Å². The van der Waals surface area contributed by atoms with Crippen molar-refractivity contribution in [2.45, 2.75) is 65.5 Å². The van der Waals surface area contributed by atoms with E-state index in [1.165, 1.54) is 19.9 Å². The lowest BCUT2D eigenvalue weighted by Gasteiger charge is -2.47. The van der Waals surface area contributed by atoms with Crippen molar-refractivity contribution < 1.29 is 39.3 Å². The van der Waals surface area contributed by atoms with E-state index in [0.29, 0.717) is 12.0 Å². The number of aliphatic hydroxyl groups excluding tert-OH is 1. The van der Waals surface area contributed by atoms with Gasteiger partial charge in [0, 0.05) is 35.3 Å². The fourth-order valence-electron chi connectivity index (χ4n) is 6.92. The standard InChI is InChI=1S/C32H35NO8/c1-13(2)10-18-11-17-7-8-19-12-21(35)33-32(19)25(17)30(40)22-23(28(38)16(5)29(39)24(22)31(32)41)26(36)14(3)6-9-20(34)15(4)27(18)37/h6-8,11,13,15,17,19-20,25,34,38-39H,9-10,12H2,1-5H3,(H,33,35)/b14-6-,18-11-/t15-,17-,19+,20-,25-,32+/m0/s1. The highest BCUT2D eigenvalue weighted by atomic mass is 16.3. The Kier molecular flexibility index (Phi) is 6.93. The molecule has 2 bridgehead atoms. The number of rotatable bonds is 2. The third kappa shape index (κ3) is 4.12. The van der Waals surface area contributed by atoms with E-state index in [1.54, 1.807) is 25.2 Å². The third-order valence-electron chi connectivity index (χ3n) is 9.17. The molecule has 1 aliphatic heterocycles. The quantitative estimate of drug-likeness (QED) is 0.399. The molecule has 1 heterocycles. The zero-order valence-electron chi connectivity index (χ0n) is 23.8. The number of carbonyl (C=O) groups excluding carboxylic acids is 5. The van der Waals surface area contributed by atoms with Crippen LogP contribution in [0.4, 0.5) is 0 Å². The molecule has 1 fully saturated rings. The number of ketones is 4. The van der Waals surface area contributed by atoms with Crippen molar-refractivity contribution in [2.75, 3.05) is 0 Å². The maximum atomic E-state index is 14.6. The molecule has 1 saturated heterocycles. The number of hydrogen-bond acceptors (Lipinski definition) is 8. The van der Waals surface area contributed by atoms with E-state index in [9.17, 15) is 39.3 Å². The van der Waals surface area contributed by atoms with Crippen LogP contribution in [0, 0.1) is 36.5 Å². The highest BCUT2D eigenvalue weighted by Gasteiger charge is 2.65. The van der Waals surface area contributed by atoms with Gasteiger partial charge in [0.15, 0.2) is 23.1 Å². The SMILES string of the molecule is C/C1=C/C[C@H](O)[C@H](C)C(=O)/C(CC(C)C)=C\[C@@H]2C=C[C@@H]3CC(=O)N[C@]34C(=O)c3c(O)c(C)c(O)c(c3C(=O)[C@H]24)C1=O. The minimum atomic E-state index is -1.74. The molecule has 0 saturated carbocycles. The van der Waals surface area contributed by atoms with Gasteiger partial charge in [-0.15, -0.1) is 0 Å². The summed E-state index contributed by atoms with van der Waals surface area (Å²) in [6, 6.07) is 0. The van der Waals surface area contributed by atoms with Gasteiger partial charge in [-0.3, -0.25) is 24.0 Å². The first kappa shape index (κ1) is 28.7. The van der Waals surface area contributed by atoms with E-state index in [4.69, 9.17) is 0 Å². The molecule has 4 N–H and O–H groups in total. The smallest absolute Gasteiger partial charge is 0.221 e. The fraction of sp³-hybridized carbons (Fsp3) is 0.469. The highest BCUT2D eigenvalue weighted by molar-refractivity contribution is 6.28. The molecular weight excluding hydrogens is 526 g/mol. The van der Waals surface area contributed by atoms with Gasteiger partial charge in [-0.25, -0.2) is 0 Å². The van der Waals surface area contributed by atoms with Gasteiger partial charge in [0.25, 0.3) is 0 Å². The van der Waals surface area contributed by atoms with Crippen LogP contribution in [0.3, 0.4) is 0 Å². The van der Waals surface area contributed by atoms with Crippen molar-refractivity contribution in [3.05, 3.63) is 57.7 Å². The van der Waals surface area contributed by atoms with Crippen LogP contribution in [0.2, 0.25) is 0 Å². The number of phenolic OH excluding ortho intramolecular Hbond substituents is 2. The fourth-order valence-corrected chi connectivity index (χ4v) is 6.92. The number of hydrogen-bond donors (Lipinski definition) is 4. The number of aromatic hydroxyl groups is 2. The first-order chi connectivity index (χ1) is 19.2. The maximum absolute atomic E-state index is 14.6. The van der Waals surface area contributed by atoms with Crippen LogP contribution in [0.5, 0.6) is 11.5 Å². The Morgan fingerprint density at radius 3 is 2.29 bits per heavy atom. The molecular formula is C32H35NO8. The number of aliphatic hydroxyl groups is 1. The van der Waals surface area contributed by atoms with Gasteiger partial charge in [0.2, 0.25) is 5.91 Å². The minimum absolute atomic E-state index is 0.0326. The van der Waals surface area contributed by atoms with Crippen LogP contribution in [0.15, 0.2) is 35.5 Å². The summed E-state index contributed by atoms with van der Waals surface area (Å²) in [7, 11) is 0. The average molecular weight is 562 g/mol. The number of amides is 1. The number of phenols is 2. The van der Waals surface area contributed by atoms with Crippen molar-refractivity contribution in [1.29, 1.82) is 0 Å². The van der Waals surface area contributed by atoms with E-state index in [1.807, 2.05) is 13.8 Å². The molecule has 41 heavy (non-hydrogen) atoms. The molecule has 6 atom stereocenters. The summed E-state index contributed by atoms with van der Waals surface area (Å²) >= 11 is 0. The van der Waals surface area contributed by atoms with Gasteiger partial charge in [0.05, 0.1) is 23.1 Å². The molecule has 0 aromatic heterocycles. The number of allylic oxidation sites excluding steroid dienone is 4. The molecule has 0 radical (unpaired) electrons. The Balaban J connectivity index is 1.89. The molecule has 4 aliphatic rings. The predicted octanol–water partition coefficient (Wildman–Crippen LogP) is 3.53. The lowest BCUT2D eigenvalue weighted by Crippen LogP contribution is -2.65. The monoisotopic (exact) mass is 561 g/mol. The first-order valence-corrected chi connectivity index (χ1v) is 14.0. The van der Waals surface area contributed by atoms with Gasteiger partial charge in [-0.05, 0) is 43.8 Å². The molecule has 9 nitrogen and oxygen atoms in total. The highest BCUT2D eigenvalue weighted by Crippen LogP contribution is 2.54. The van der Waals surface area contributed by atoms with E-state index >= 15 is 0 Å². The van der Waals surface area contributed by atoms with Gasteiger partial charge in [-0.1, -0.05) is 45.1 Å². The second kappa shape index (κ2) is 9.91. The van der Waals surface area contributed by atoms with E-state index in [0.717, 1.165) is 0 Å². The molecule has 1 aromatic carbocycles. The van der Waals surface area contributed by atoms with Crippen LogP contribution in [0.1, 0.15) is 83.6 Å². The van der Waals surface area contributed by atoms with Crippen LogP contribution in [-0.4, -0.2) is 56.0 Å². The summed E-state index contributed by atoms with van der Waals surface area (Å²) in [6.45, 7) is 8.29. The number of nitrogens with one attached hydrogen (secondary N) is 1. The topological polar surface area (TPSA) is 158 Å². The van der Waals surface area contributed by atoms with Crippen LogP contribution >= 0.6 is 0 Å². The summed E-state index contributed by atoms with van der Waals surface area (Å²) < 4.78 is 0. The van der Waals surface area contributed by atoms with Crippen LogP contribution < -0.4 is 5.32 Å². The Morgan fingerprint density at radius 1 is 0.976 bits per heavy atom. The molecule has 1 spiro atoms. The van der Waals surface area contributed by atoms with Crippen molar-refractivity contribution in [3.63, 3.8) is 0 Å². The molecule has 5 rings (SSSR count). The molecule has 216 valence electrons. The predicted molar refractivity (Wildman–Crippen MR) is 149 cm³/mol. The lowest BCUT2D eigenvalue weighted by atomic mass is 9.56. The largest absolute Gasteiger partial charge is 0.507 e. The molecule has 1 aromatic rings. The van der Waals surface area contributed by atoms with E-state index < -0.39 is 81.2 Å². The van der Waals surface area contributed by atoms with Gasteiger partial charge < -0.3 is 20.6 Å². The number of Topliss-reactive ketones (excluding diaryl/α,β-unsaturated/α-hetero) is 4. The zero-order chi connectivity index (χ0) is 30.1. The normalized spacial score (nSPS) is 34.0. The zero-order valence-corrected chi connectivity index (χ0v) is 23.8. The summed E-state index contributed by atoms with van der Waals surface area (Å²) in [5.74, 6) is -7.64. The van der Waals surface area contributed by atoms with E-state index in [-0.39, 0.29) is 41.2 Å². The second-order valence-corrected chi connectivity index (χ2v) is 12.3. The number of benzene rings is 1. The second-order valence-electron chi connectivity index (χ2n) is 12.3. The average Bonchev–Trinajstić information content (AvgIpc) is 3.27. The number of carbonyl (C=O) groups is 5. The van der Waals surface area contributed by atoms with Gasteiger partial charge in [-0.2, -0.15) is 0 Å². The first-order valence-electron chi connectivity index (χ1n) is 14.0. The van der Waals surface area contributed by atoms with E-state index in [2.05, 4.69) is 5.32 Å². The minimum Gasteiger partial charge on any atom is -0.507 e. The maximum Gasteiger partial charge on any atom is 0.221 e. The van der Waals surface area contributed by atoms with Crippen molar-refractivity contribution in [2.24, 2.45) is 29.6 Å². The van der Waals surface area contributed by atoms with Crippen molar-refractivity contribution >= 4 is 29.0 Å². The summed E-state index contributed by atoms with van der Waals surface area (Å²) in [6.07, 6.45) is 5.67. The Labute approximate surface area is 238 Å². The summed E-state index contributed by atoms with van der Waals surface area (Å²) in [4.78, 5) is 69.3. The summed E-state index contributed by atoms with van der Waals surface area (Å²) in [5, 5.41) is 35.9. The summed E-state index contributed by atoms with van der Waals surface area (Å²) in [5.41, 5.74) is -2.57. The van der Waals surface area contributed by atoms with Crippen molar-refractivity contribution in [1.82, 2.24) is 5.32 Å². The lowest BCUT2D eigenvalue weighted by molar-refractivity contribution is -0.122. The third-order valence-corrected chi connectivity index (χ3v) is 9.17. The molecule has 3 aliphatic carbocycles. The Hall–Kier alpha value is -3.85. The Morgan fingerprint density at radius 2 is 1.63 bits per heavy atom. The Bertz CT molecular complexity index is 1510. The molecule has 1 amide bonds. The molecule has 0 unspecified atom stereocenters. The van der Waals surface area contributed by atoms with Crippen LogP contribution in [0.25, 0.3) is 0 Å². The van der Waals surface area contributed by atoms with Gasteiger partial charge >= 0.3 is 0 Å².